The van der Waals surface area contributed by atoms with Crippen molar-refractivity contribution < 1.29 is 4.79 Å². The average molecular weight is 441 g/mol. The average Bonchev–Trinajstić information content (AvgIpc) is 3.30. The summed E-state index contributed by atoms with van der Waals surface area (Å²) in [6.07, 6.45) is 8.84. The third-order valence-corrected chi connectivity index (χ3v) is 7.73. The lowest BCUT2D eigenvalue weighted by atomic mass is 9.94. The molecule has 31 heavy (non-hydrogen) atoms. The van der Waals surface area contributed by atoms with Crippen molar-refractivity contribution in [1.29, 1.82) is 0 Å². The first-order valence-electron chi connectivity index (χ1n) is 11.9. The van der Waals surface area contributed by atoms with E-state index in [0.717, 1.165) is 64.7 Å². The zero-order valence-corrected chi connectivity index (χ0v) is 19.6. The van der Waals surface area contributed by atoms with Gasteiger partial charge in [-0.2, -0.15) is 0 Å². The molecule has 2 aliphatic rings. The van der Waals surface area contributed by atoms with E-state index in [9.17, 15) is 4.79 Å². The van der Waals surface area contributed by atoms with Gasteiger partial charge in [-0.25, -0.2) is 4.98 Å². The molecule has 1 saturated heterocycles. The Morgan fingerprint density at radius 3 is 2.77 bits per heavy atom. The van der Waals surface area contributed by atoms with Crippen molar-refractivity contribution in [3.8, 4) is 0 Å². The van der Waals surface area contributed by atoms with Gasteiger partial charge in [0.15, 0.2) is 0 Å². The molecule has 0 spiro atoms. The number of piperazine rings is 1. The number of nitrogens with zero attached hydrogens (tertiary/aromatic N) is 4. The molecule has 1 aliphatic heterocycles. The van der Waals surface area contributed by atoms with Crippen molar-refractivity contribution in [2.45, 2.75) is 64.1 Å². The van der Waals surface area contributed by atoms with Crippen molar-refractivity contribution in [3.63, 3.8) is 0 Å². The second-order valence-corrected chi connectivity index (χ2v) is 9.73. The van der Waals surface area contributed by atoms with Crippen LogP contribution in [0.15, 0.2) is 35.8 Å². The second-order valence-electron chi connectivity index (χ2n) is 8.79. The quantitative estimate of drug-likeness (QED) is 0.408. The van der Waals surface area contributed by atoms with Gasteiger partial charge in [-0.3, -0.25) is 9.80 Å². The Balaban J connectivity index is 1.47. The summed E-state index contributed by atoms with van der Waals surface area (Å²) in [5, 5.41) is 0. The molecule has 1 fully saturated rings. The maximum atomic E-state index is 11.0. The van der Waals surface area contributed by atoms with E-state index in [2.05, 4.69) is 56.9 Å². The number of hydrogen-bond donors (Lipinski definition) is 0. The summed E-state index contributed by atoms with van der Waals surface area (Å²) in [5.41, 5.74) is 4.67. The van der Waals surface area contributed by atoms with Crippen LogP contribution >= 0.6 is 11.3 Å². The number of anilines is 1. The summed E-state index contributed by atoms with van der Waals surface area (Å²) in [7, 11) is 0. The molecule has 2 atom stereocenters. The van der Waals surface area contributed by atoms with Crippen LogP contribution in [0.5, 0.6) is 0 Å². The summed E-state index contributed by atoms with van der Waals surface area (Å²) >= 11 is 1.83. The van der Waals surface area contributed by atoms with Crippen molar-refractivity contribution >= 4 is 23.3 Å². The number of carbonyl (C=O) groups is 1. The number of thiazole rings is 1. The lowest BCUT2D eigenvalue weighted by molar-refractivity contribution is -0.108. The molecule has 1 aromatic heterocycles. The predicted octanol–water partition coefficient (Wildman–Crippen LogP) is 4.23. The first-order valence-corrected chi connectivity index (χ1v) is 12.8. The largest absolute Gasteiger partial charge is 0.369 e. The highest BCUT2D eigenvalue weighted by Gasteiger charge is 2.34. The van der Waals surface area contributed by atoms with Crippen LogP contribution in [0.25, 0.3) is 0 Å². The number of aldehydes is 1. The van der Waals surface area contributed by atoms with E-state index in [1.807, 2.05) is 16.8 Å². The van der Waals surface area contributed by atoms with Gasteiger partial charge < -0.3 is 9.69 Å². The Morgan fingerprint density at radius 2 is 2.03 bits per heavy atom. The molecule has 5 nitrogen and oxygen atoms in total. The highest BCUT2D eigenvalue weighted by atomic mass is 32.1. The van der Waals surface area contributed by atoms with Crippen LogP contribution < -0.4 is 4.90 Å². The van der Waals surface area contributed by atoms with Crippen LogP contribution in [0, 0.1) is 0 Å². The summed E-state index contributed by atoms with van der Waals surface area (Å²) in [6.45, 7) is 7.72. The number of carbonyl (C=O) groups excluding carboxylic acids is 1. The van der Waals surface area contributed by atoms with Gasteiger partial charge in [0.1, 0.15) is 6.29 Å². The van der Waals surface area contributed by atoms with E-state index in [0.29, 0.717) is 18.6 Å². The first kappa shape index (κ1) is 22.4. The van der Waals surface area contributed by atoms with Crippen LogP contribution in [-0.4, -0.2) is 66.0 Å². The first-order chi connectivity index (χ1) is 15.3. The minimum atomic E-state index is 0.428. The van der Waals surface area contributed by atoms with Crippen molar-refractivity contribution in [2.24, 2.45) is 0 Å². The molecule has 4 rings (SSSR count). The van der Waals surface area contributed by atoms with Crippen LogP contribution in [-0.2, 0) is 17.6 Å². The number of fused-ring (bicyclic) bond motifs is 1. The lowest BCUT2D eigenvalue weighted by Crippen LogP contribution is -2.59. The van der Waals surface area contributed by atoms with E-state index < -0.39 is 0 Å². The van der Waals surface area contributed by atoms with Gasteiger partial charge in [0.25, 0.3) is 0 Å². The van der Waals surface area contributed by atoms with Gasteiger partial charge in [-0.1, -0.05) is 25.1 Å². The zero-order chi connectivity index (χ0) is 21.5. The minimum Gasteiger partial charge on any atom is -0.369 e. The van der Waals surface area contributed by atoms with Crippen molar-refractivity contribution in [3.05, 3.63) is 46.4 Å². The van der Waals surface area contributed by atoms with E-state index in [-0.39, 0.29) is 0 Å². The van der Waals surface area contributed by atoms with Crippen LogP contribution in [0.4, 0.5) is 5.69 Å². The maximum absolute atomic E-state index is 11.0. The third kappa shape index (κ3) is 5.54. The van der Waals surface area contributed by atoms with E-state index >= 15 is 0 Å². The van der Waals surface area contributed by atoms with Crippen molar-refractivity contribution in [2.75, 3.05) is 37.6 Å². The number of benzene rings is 1. The highest BCUT2D eigenvalue weighted by molar-refractivity contribution is 7.09. The van der Waals surface area contributed by atoms with Gasteiger partial charge in [0.2, 0.25) is 0 Å². The van der Waals surface area contributed by atoms with Gasteiger partial charge in [-0.05, 0) is 57.2 Å². The topological polar surface area (TPSA) is 39.7 Å². The van der Waals surface area contributed by atoms with Crippen LogP contribution in [0.2, 0.25) is 0 Å². The predicted molar refractivity (Wildman–Crippen MR) is 129 cm³/mol. The van der Waals surface area contributed by atoms with E-state index in [4.69, 9.17) is 0 Å². The number of rotatable bonds is 10. The molecule has 0 bridgehead atoms. The fourth-order valence-electron chi connectivity index (χ4n) is 5.26. The summed E-state index contributed by atoms with van der Waals surface area (Å²) in [4.78, 5) is 25.1. The lowest BCUT2D eigenvalue weighted by Gasteiger charge is -2.47. The molecule has 0 saturated carbocycles. The molecule has 1 aromatic carbocycles. The Bertz CT molecular complexity index is 803. The molecule has 168 valence electrons. The molecule has 1 aliphatic carbocycles. The summed E-state index contributed by atoms with van der Waals surface area (Å²) in [6, 6.07) is 11.4. The molecular formula is C25H36N4OS. The Morgan fingerprint density at radius 1 is 1.23 bits per heavy atom. The van der Waals surface area contributed by atoms with E-state index in [1.165, 1.54) is 29.1 Å². The molecule has 0 radical (unpaired) electrons. The fourth-order valence-corrected chi connectivity index (χ4v) is 6.14. The van der Waals surface area contributed by atoms with Gasteiger partial charge in [-0.15, -0.1) is 11.3 Å². The van der Waals surface area contributed by atoms with Crippen molar-refractivity contribution in [1.82, 2.24) is 14.8 Å². The molecule has 2 heterocycles. The normalized spacial score (nSPS) is 20.6. The SMILES string of the molecule is CCCN(C1CCc2ncsc2C1)C(CCCC=O)N1CCN(c2ccccc2)CC1. The summed E-state index contributed by atoms with van der Waals surface area (Å²) < 4.78 is 0. The number of para-hydroxylation sites is 1. The smallest absolute Gasteiger partial charge is 0.119 e. The number of unbranched alkanes of at least 4 members (excludes halogenated alkanes) is 1. The molecular weight excluding hydrogens is 404 g/mol. The van der Waals surface area contributed by atoms with Gasteiger partial charge in [0.05, 0.1) is 17.4 Å². The van der Waals surface area contributed by atoms with Gasteiger partial charge >= 0.3 is 0 Å². The number of aryl methyl sites for hydroxylation is 1. The second kappa shape index (κ2) is 11.2. The molecule has 6 heteroatoms. The minimum absolute atomic E-state index is 0.428. The van der Waals surface area contributed by atoms with E-state index in [1.54, 1.807) is 0 Å². The standard InChI is InChI=1S/C25H36N4OS/c1-2-13-29(22-11-12-23-24(19-22)31-20-26-23)25(10-6-7-18-30)28-16-14-27(15-17-28)21-8-4-3-5-9-21/h3-5,8-9,18,20,22,25H,2,6-7,10-17,19H2,1H3. The van der Waals surface area contributed by atoms with Crippen LogP contribution in [0.3, 0.4) is 0 Å². The highest BCUT2D eigenvalue weighted by Crippen LogP contribution is 2.30. The third-order valence-electron chi connectivity index (χ3n) is 6.84. The Labute approximate surface area is 191 Å². The Hall–Kier alpha value is -1.76. The molecule has 2 unspecified atom stereocenters. The fraction of sp³-hybridized carbons (Fsp3) is 0.600. The number of hydrogen-bond acceptors (Lipinski definition) is 6. The Kier molecular flexibility index (Phi) is 8.11. The summed E-state index contributed by atoms with van der Waals surface area (Å²) in [5.74, 6) is 0. The van der Waals surface area contributed by atoms with Gasteiger partial charge in [0, 0.05) is 49.2 Å². The molecule has 0 amide bonds. The zero-order valence-electron chi connectivity index (χ0n) is 18.8. The number of aromatic nitrogens is 1. The molecule has 2 aromatic rings. The molecule has 0 N–H and O–H groups in total. The van der Waals surface area contributed by atoms with Crippen LogP contribution in [0.1, 0.15) is 49.6 Å². The monoisotopic (exact) mass is 440 g/mol. The maximum Gasteiger partial charge on any atom is 0.119 e.